The molecular weight excluding hydrogens is 1850 g/mol. The number of fused-ring (bicyclic) bond motifs is 4. The number of aliphatic hydroxyl groups excluding tert-OH is 4. The molecular formula is C106H116Cl2F2N12O19. The number of aryl methyl sites for hydroxylation is 6. The normalized spacial score (nSPS) is 16.0. The summed E-state index contributed by atoms with van der Waals surface area (Å²) in [6.07, 6.45) is 5.17. The van der Waals surface area contributed by atoms with Gasteiger partial charge in [0.25, 0.3) is 23.6 Å². The number of aliphatic hydroxyl groups is 4. The number of piperidine rings is 4. The molecule has 141 heavy (non-hydrogen) atoms. The van der Waals surface area contributed by atoms with Crippen molar-refractivity contribution in [2.24, 2.45) is 0 Å². The van der Waals surface area contributed by atoms with E-state index in [0.717, 1.165) is 148 Å². The summed E-state index contributed by atoms with van der Waals surface area (Å²) in [4.78, 5) is 9.03. The van der Waals surface area contributed by atoms with E-state index in [1.807, 2.05) is 128 Å². The summed E-state index contributed by atoms with van der Waals surface area (Å²) >= 11 is 12.4. The fraction of sp³-hybridized carbons (Fsp3) is 0.396. The molecule has 4 saturated heterocycles. The Morgan fingerprint density at radius 1 is 0.326 bits per heavy atom. The number of methoxy groups -OCH3 is 3. The van der Waals surface area contributed by atoms with Crippen molar-refractivity contribution in [1.82, 2.24) is 60.4 Å². The lowest BCUT2D eigenvalue weighted by molar-refractivity contribution is 0.0597. The molecule has 20 rings (SSSR count). The zero-order valence-electron chi connectivity index (χ0n) is 80.4. The molecule has 0 bridgehead atoms. The standard InChI is InChI=1S/C27H30ClN3O5.C27H31N3O6.C26H27ClFN3O4.C26H28FN3O4/c1-16-11-25(33-3)22(28)12-20(16)18-7-9-31(10-8-18)14-19(32)15-34-23-5-4-6-24-21(23)13-26(36-24)27-30-29-17(2)35-27;1-17-28-29-27(35-17)26-14-22-23(5-4-6-24(22)36-26)34-16-19(31)15-30-11-9-18(10-12-30)21-8-7-20(32-2)13-25(21)33-3;1-15-21(27)7-6-19(25(15)28)17-8-10-31(11-9-17)13-18(32)14-33-22-4-3-5-23-20(22)12-24(35-23)26-30-29-16(2)34-26;1-16-12-19(27)6-7-21(16)18-8-10-30(11-9-18)14-20(31)15-32-23-4-3-5-24-22(23)13-25(34-24)26-29-28-17(2)33-26/h4-6,11-13,18-19,32H,7-10,14-15H2,1-3H3;4-8,13-14,18-19,31H,9-12,15-16H2,1-3H3;3-7,12,17-18,32H,8-11,13-14H2,1-2H3;3-7,12-13,18,20,31H,8-11,14-15H2,1-2H3. The number of aromatic nitrogens is 8. The molecule has 0 spiro atoms. The SMILES string of the molecule is COc1cc(C)c(C2CCN(CC(O)COc3cccc4oc(-c5nnc(C)o5)cc34)CC2)cc1Cl.COc1ccc(C2CCN(CC(O)COc3cccc4oc(-c5nnc(C)o5)cc34)CC2)c(OC)c1.Cc1nnc(-c2cc3c(OCC(O)CN4CCC(c5ccc(Cl)c(C)c5F)CC4)cccc3o2)o1.Cc1nnc(-c2cc3c(OCC(O)CN4CCC(c5ccc(F)cc5C)CC4)cccc3o2)o1. The van der Waals surface area contributed by atoms with Gasteiger partial charge in [-0.1, -0.05) is 65.7 Å². The van der Waals surface area contributed by atoms with Crippen LogP contribution in [0.25, 0.3) is 90.5 Å². The molecule has 8 aromatic carbocycles. The average Bonchev–Trinajstić information content (AvgIpc) is 1.72. The van der Waals surface area contributed by atoms with Gasteiger partial charge < -0.3 is 109 Å². The lowest BCUT2D eigenvalue weighted by Crippen LogP contribution is -2.40. The van der Waals surface area contributed by atoms with E-state index in [9.17, 15) is 29.2 Å². The maximum absolute atomic E-state index is 14.7. The third-order valence-corrected chi connectivity index (χ3v) is 27.0. The lowest BCUT2D eigenvalue weighted by Gasteiger charge is -2.34. The third-order valence-electron chi connectivity index (χ3n) is 26.3. The van der Waals surface area contributed by atoms with Gasteiger partial charge in [-0.3, -0.25) is 0 Å². The van der Waals surface area contributed by atoms with E-state index >= 15 is 0 Å². The largest absolute Gasteiger partial charge is 0.497 e. The number of furan rings is 4. The van der Waals surface area contributed by atoms with Gasteiger partial charge in [0.05, 0.1) is 47.9 Å². The van der Waals surface area contributed by atoms with Gasteiger partial charge in [0.1, 0.15) is 125 Å². The van der Waals surface area contributed by atoms with Crippen LogP contribution >= 0.6 is 23.2 Å². The van der Waals surface area contributed by atoms with Crippen molar-refractivity contribution < 1.29 is 97.7 Å². The van der Waals surface area contributed by atoms with E-state index in [4.69, 9.17) is 91.7 Å². The topological polar surface area (TPSA) is 367 Å². The second kappa shape index (κ2) is 45.9. The molecule has 4 unspecified atom stereocenters. The minimum absolute atomic E-state index is 0.143. The molecule has 0 aliphatic carbocycles. The number of rotatable bonds is 31. The third kappa shape index (κ3) is 24.7. The van der Waals surface area contributed by atoms with Gasteiger partial charge in [-0.2, -0.15) is 0 Å². The first kappa shape index (κ1) is 99.8. The Hall–Kier alpha value is -12.8. The summed E-state index contributed by atoms with van der Waals surface area (Å²) in [7, 11) is 4.99. The van der Waals surface area contributed by atoms with E-state index in [2.05, 4.69) is 73.4 Å². The van der Waals surface area contributed by atoms with E-state index < -0.39 is 24.4 Å². The number of hydrogen-bond donors (Lipinski definition) is 4. The first-order valence-electron chi connectivity index (χ1n) is 47.5. The highest BCUT2D eigenvalue weighted by molar-refractivity contribution is 6.32. The highest BCUT2D eigenvalue weighted by Crippen LogP contribution is 2.44. The molecule has 4 aliphatic rings. The van der Waals surface area contributed by atoms with Gasteiger partial charge in [0, 0.05) is 94.8 Å². The molecule has 0 amide bonds. The Kier molecular flexibility index (Phi) is 32.4. The van der Waals surface area contributed by atoms with Crippen molar-refractivity contribution in [3.63, 3.8) is 0 Å². The zero-order valence-corrected chi connectivity index (χ0v) is 81.9. The molecule has 31 nitrogen and oxygen atoms in total. The van der Waals surface area contributed by atoms with Crippen molar-refractivity contribution in [2.75, 3.05) is 126 Å². The van der Waals surface area contributed by atoms with Crippen molar-refractivity contribution in [1.29, 1.82) is 0 Å². The Balaban J connectivity index is 0.000000130. The van der Waals surface area contributed by atoms with E-state index in [1.165, 1.54) is 22.3 Å². The fourth-order valence-electron chi connectivity index (χ4n) is 19.0. The quantitative estimate of drug-likeness (QED) is 0.0313. The van der Waals surface area contributed by atoms with Crippen LogP contribution in [0.1, 0.15) is 138 Å². The second-order valence-corrected chi connectivity index (χ2v) is 37.1. The highest BCUT2D eigenvalue weighted by Gasteiger charge is 2.32. The van der Waals surface area contributed by atoms with Crippen LogP contribution in [0.4, 0.5) is 8.78 Å². The molecule has 8 aromatic heterocycles. The lowest BCUT2D eigenvalue weighted by atomic mass is 9.86. The molecule has 4 atom stereocenters. The maximum Gasteiger partial charge on any atom is 0.283 e. The van der Waals surface area contributed by atoms with Crippen LogP contribution in [0.2, 0.25) is 10.0 Å². The molecule has 742 valence electrons. The average molecular weight is 1970 g/mol. The summed E-state index contributed by atoms with van der Waals surface area (Å²) < 4.78 is 113. The van der Waals surface area contributed by atoms with Gasteiger partial charge in [0.2, 0.25) is 23.6 Å². The van der Waals surface area contributed by atoms with Gasteiger partial charge in [-0.25, -0.2) is 8.78 Å². The Morgan fingerprint density at radius 3 is 0.972 bits per heavy atom. The monoisotopic (exact) mass is 1970 g/mol. The van der Waals surface area contributed by atoms with Gasteiger partial charge in [-0.05, 0) is 266 Å². The summed E-state index contributed by atoms with van der Waals surface area (Å²) in [5.74, 6) is 11.0. The number of likely N-dealkylation sites (tertiary alicyclic amines) is 4. The smallest absolute Gasteiger partial charge is 0.283 e. The van der Waals surface area contributed by atoms with Crippen LogP contribution < -0.4 is 33.2 Å². The van der Waals surface area contributed by atoms with E-state index in [1.54, 1.807) is 86.3 Å². The van der Waals surface area contributed by atoms with Crippen molar-refractivity contribution in [3.05, 3.63) is 242 Å². The van der Waals surface area contributed by atoms with E-state index in [-0.39, 0.29) is 44.0 Å². The van der Waals surface area contributed by atoms with Gasteiger partial charge in [0.15, 0.2) is 23.0 Å². The molecule has 12 heterocycles. The minimum Gasteiger partial charge on any atom is -0.497 e. The summed E-state index contributed by atoms with van der Waals surface area (Å²) in [5, 5.41) is 78.3. The van der Waals surface area contributed by atoms with Gasteiger partial charge >= 0.3 is 0 Å². The van der Waals surface area contributed by atoms with Crippen molar-refractivity contribution >= 4 is 67.1 Å². The van der Waals surface area contributed by atoms with Crippen molar-refractivity contribution in [3.8, 4) is 86.9 Å². The van der Waals surface area contributed by atoms with Gasteiger partial charge in [-0.15, -0.1) is 40.8 Å². The Labute approximate surface area is 823 Å². The summed E-state index contributed by atoms with van der Waals surface area (Å²) in [6.45, 7) is 22.5. The molecule has 4 fully saturated rings. The van der Waals surface area contributed by atoms with Crippen molar-refractivity contribution in [2.45, 2.75) is 148 Å². The van der Waals surface area contributed by atoms with Crippen LogP contribution in [-0.2, 0) is 0 Å². The summed E-state index contributed by atoms with van der Waals surface area (Å²) in [6, 6.07) is 48.2. The minimum atomic E-state index is -0.665. The number of hydrogen-bond acceptors (Lipinski definition) is 31. The summed E-state index contributed by atoms with van der Waals surface area (Å²) in [5.41, 5.74) is 9.78. The first-order valence-corrected chi connectivity index (χ1v) is 48.3. The Bertz CT molecular complexity index is 6880. The van der Waals surface area contributed by atoms with Crippen LogP contribution in [0, 0.1) is 60.1 Å². The predicted octanol–water partition coefficient (Wildman–Crippen LogP) is 20.2. The number of ether oxygens (including phenoxy) is 7. The van der Waals surface area contributed by atoms with Crippen LogP contribution in [0.15, 0.2) is 193 Å². The molecule has 16 aromatic rings. The Morgan fingerprint density at radius 2 is 0.645 bits per heavy atom. The maximum atomic E-state index is 14.7. The molecule has 4 aliphatic heterocycles. The van der Waals surface area contributed by atoms with Crippen LogP contribution in [0.3, 0.4) is 0 Å². The molecule has 0 saturated carbocycles. The fourth-order valence-corrected chi connectivity index (χ4v) is 19.4. The predicted molar refractivity (Wildman–Crippen MR) is 526 cm³/mol. The molecule has 35 heteroatoms. The number of benzene rings is 8. The molecule has 4 N–H and O–H groups in total. The number of nitrogens with zero attached hydrogens (tertiary/aromatic N) is 12. The highest BCUT2D eigenvalue weighted by atomic mass is 35.5. The number of halogens is 4. The second-order valence-electron chi connectivity index (χ2n) is 36.3. The van der Waals surface area contributed by atoms with Crippen LogP contribution in [0.5, 0.6) is 40.2 Å². The molecule has 0 radical (unpaired) electrons. The zero-order chi connectivity index (χ0) is 98.5. The van der Waals surface area contributed by atoms with E-state index in [0.29, 0.717) is 181 Å². The number of β-amino-alcohol motifs (C(OH)–C–C–N with tert-alkyl or cyclic N) is 4. The van der Waals surface area contributed by atoms with Crippen LogP contribution in [-0.4, -0.2) is 232 Å². The first-order chi connectivity index (χ1) is 68.3.